The van der Waals surface area contributed by atoms with Crippen molar-refractivity contribution >= 4 is 15.9 Å². The van der Waals surface area contributed by atoms with E-state index in [1.807, 2.05) is 0 Å². The summed E-state index contributed by atoms with van der Waals surface area (Å²) in [4.78, 5) is 1.67. The lowest BCUT2D eigenvalue weighted by atomic mass is 9.92. The summed E-state index contributed by atoms with van der Waals surface area (Å²) in [6.45, 7) is 10.6. The van der Waals surface area contributed by atoms with Crippen molar-refractivity contribution in [2.45, 2.75) is 46.6 Å². The van der Waals surface area contributed by atoms with E-state index >= 15 is 0 Å². The minimum Gasteiger partial charge on any atom is -0.159 e. The molecular formula is C10H19BrN4. The summed E-state index contributed by atoms with van der Waals surface area (Å²) >= 11 is 3.49. The van der Waals surface area contributed by atoms with Gasteiger partial charge in [0.2, 0.25) is 0 Å². The van der Waals surface area contributed by atoms with Crippen molar-refractivity contribution in [3.8, 4) is 0 Å². The van der Waals surface area contributed by atoms with Crippen LogP contribution in [0.2, 0.25) is 0 Å². The first kappa shape index (κ1) is 12.6. The lowest BCUT2D eigenvalue weighted by Gasteiger charge is -2.19. The van der Waals surface area contributed by atoms with Crippen molar-refractivity contribution in [3.63, 3.8) is 0 Å². The first-order valence-electron chi connectivity index (χ1n) is 5.10. The molecule has 0 unspecified atom stereocenters. The van der Waals surface area contributed by atoms with E-state index in [0.29, 0.717) is 0 Å². The minimum absolute atomic E-state index is 0.0935. The molecule has 4 nitrogen and oxygen atoms in total. The number of aromatic nitrogens is 4. The van der Waals surface area contributed by atoms with Crippen LogP contribution in [0.1, 0.15) is 40.4 Å². The fraction of sp³-hybridized carbons (Fsp3) is 0.900. The average molecular weight is 275 g/mol. The van der Waals surface area contributed by atoms with Gasteiger partial charge in [-0.2, -0.15) is 4.80 Å². The van der Waals surface area contributed by atoms with Gasteiger partial charge in [-0.3, -0.25) is 0 Å². The molecule has 0 aliphatic carbocycles. The molecule has 0 spiro atoms. The first-order valence-corrected chi connectivity index (χ1v) is 6.22. The van der Waals surface area contributed by atoms with Gasteiger partial charge in [-0.05, 0) is 31.4 Å². The topological polar surface area (TPSA) is 43.6 Å². The molecule has 1 aromatic rings. The fourth-order valence-corrected chi connectivity index (χ4v) is 1.27. The highest BCUT2D eigenvalue weighted by Gasteiger charge is 2.22. The normalized spacial score (nSPS) is 13.2. The van der Waals surface area contributed by atoms with Crippen molar-refractivity contribution in [1.29, 1.82) is 0 Å². The maximum atomic E-state index is 4.39. The molecular weight excluding hydrogens is 256 g/mol. The minimum atomic E-state index is -0.0935. The third kappa shape index (κ3) is 3.55. The molecule has 0 bridgehead atoms. The van der Waals surface area contributed by atoms with Gasteiger partial charge in [0.25, 0.3) is 0 Å². The van der Waals surface area contributed by atoms with Crippen LogP contribution in [-0.4, -0.2) is 25.5 Å². The van der Waals surface area contributed by atoms with Crippen LogP contribution in [0, 0.1) is 5.41 Å². The van der Waals surface area contributed by atoms with Gasteiger partial charge in [-0.1, -0.05) is 29.8 Å². The molecule has 86 valence electrons. The van der Waals surface area contributed by atoms with Gasteiger partial charge < -0.3 is 0 Å². The molecule has 0 aliphatic rings. The number of nitrogens with zero attached hydrogens (tertiary/aromatic N) is 4. The van der Waals surface area contributed by atoms with E-state index in [4.69, 9.17) is 0 Å². The Kier molecular flexibility index (Phi) is 3.53. The van der Waals surface area contributed by atoms with Crippen molar-refractivity contribution in [1.82, 2.24) is 20.2 Å². The van der Waals surface area contributed by atoms with Crippen LogP contribution in [0.25, 0.3) is 0 Å². The van der Waals surface area contributed by atoms with Gasteiger partial charge in [0.1, 0.15) is 0 Å². The van der Waals surface area contributed by atoms with Crippen LogP contribution in [0.4, 0.5) is 0 Å². The maximum absolute atomic E-state index is 4.39. The fourth-order valence-electron chi connectivity index (χ4n) is 1.07. The third-order valence-corrected chi connectivity index (χ3v) is 3.57. The number of tetrazole rings is 1. The lowest BCUT2D eigenvalue weighted by Crippen LogP contribution is -2.25. The molecule has 0 amide bonds. The molecule has 0 saturated heterocycles. The SMILES string of the molecule is CC(C)(CBr)Cc1nnn(C(C)(C)C)n1. The second-order valence-corrected chi connectivity index (χ2v) is 6.20. The molecule has 5 heteroatoms. The summed E-state index contributed by atoms with van der Waals surface area (Å²) in [5.41, 5.74) is 0.0789. The number of hydrogen-bond donors (Lipinski definition) is 0. The highest BCUT2D eigenvalue weighted by molar-refractivity contribution is 9.09. The summed E-state index contributed by atoms with van der Waals surface area (Å²) in [5, 5.41) is 13.5. The molecule has 15 heavy (non-hydrogen) atoms. The Bertz CT molecular complexity index is 324. The van der Waals surface area contributed by atoms with Crippen LogP contribution in [0.15, 0.2) is 0 Å². The van der Waals surface area contributed by atoms with E-state index in [9.17, 15) is 0 Å². The summed E-state index contributed by atoms with van der Waals surface area (Å²) < 4.78 is 0. The van der Waals surface area contributed by atoms with Crippen LogP contribution in [0.5, 0.6) is 0 Å². The van der Waals surface area contributed by atoms with Crippen LogP contribution >= 0.6 is 15.9 Å². The second kappa shape index (κ2) is 4.20. The van der Waals surface area contributed by atoms with E-state index in [2.05, 4.69) is 66.0 Å². The molecule has 1 heterocycles. The van der Waals surface area contributed by atoms with Crippen molar-refractivity contribution in [2.75, 3.05) is 5.33 Å². The van der Waals surface area contributed by atoms with Gasteiger partial charge >= 0.3 is 0 Å². The highest BCUT2D eigenvalue weighted by atomic mass is 79.9. The zero-order chi connectivity index (χ0) is 11.7. The summed E-state index contributed by atoms with van der Waals surface area (Å²) in [7, 11) is 0. The van der Waals surface area contributed by atoms with Crippen LogP contribution < -0.4 is 0 Å². The Morgan fingerprint density at radius 3 is 2.20 bits per heavy atom. The summed E-state index contributed by atoms with van der Waals surface area (Å²) in [6, 6.07) is 0. The van der Waals surface area contributed by atoms with Gasteiger partial charge in [-0.25, -0.2) is 0 Å². The standard InChI is InChI=1S/C10H19BrN4/c1-9(2,3)15-13-8(12-14-15)6-10(4,5)7-11/h6-7H2,1-5H3. The molecule has 0 aromatic carbocycles. The van der Waals surface area contributed by atoms with Crippen molar-refractivity contribution < 1.29 is 0 Å². The molecule has 0 aliphatic heterocycles. The Morgan fingerprint density at radius 1 is 1.20 bits per heavy atom. The van der Waals surface area contributed by atoms with Gasteiger partial charge in [0.15, 0.2) is 5.82 Å². The molecule has 1 aromatic heterocycles. The van der Waals surface area contributed by atoms with Gasteiger partial charge in [0, 0.05) is 11.8 Å². The van der Waals surface area contributed by atoms with Crippen LogP contribution in [0.3, 0.4) is 0 Å². The lowest BCUT2D eigenvalue weighted by molar-refractivity contribution is 0.303. The van der Waals surface area contributed by atoms with Gasteiger partial charge in [-0.15, -0.1) is 10.2 Å². The van der Waals surface area contributed by atoms with Gasteiger partial charge in [0.05, 0.1) is 5.54 Å². The Hall–Kier alpha value is -0.450. The molecule has 0 radical (unpaired) electrons. The average Bonchev–Trinajstić information content (AvgIpc) is 2.51. The Balaban J connectivity index is 2.78. The first-order chi connectivity index (χ1) is 6.74. The zero-order valence-corrected chi connectivity index (χ0v) is 11.7. The quantitative estimate of drug-likeness (QED) is 0.795. The van der Waals surface area contributed by atoms with E-state index in [0.717, 1.165) is 17.6 Å². The van der Waals surface area contributed by atoms with E-state index in [-0.39, 0.29) is 11.0 Å². The largest absolute Gasteiger partial charge is 0.175 e. The molecule has 0 fully saturated rings. The molecule has 0 N–H and O–H groups in total. The Labute approximate surface area is 99.6 Å². The molecule has 0 saturated carbocycles. The summed E-state index contributed by atoms with van der Waals surface area (Å²) in [5.74, 6) is 0.814. The number of hydrogen-bond acceptors (Lipinski definition) is 3. The zero-order valence-electron chi connectivity index (χ0n) is 10.1. The van der Waals surface area contributed by atoms with E-state index in [1.54, 1.807) is 4.80 Å². The van der Waals surface area contributed by atoms with Crippen LogP contribution in [-0.2, 0) is 12.0 Å². The van der Waals surface area contributed by atoms with Crippen molar-refractivity contribution in [3.05, 3.63) is 5.82 Å². The third-order valence-electron chi connectivity index (χ3n) is 2.05. The predicted octanol–water partition coefficient (Wildman–Crippen LogP) is 2.39. The monoisotopic (exact) mass is 274 g/mol. The summed E-state index contributed by atoms with van der Waals surface area (Å²) in [6.07, 6.45) is 0.842. The molecule has 1 rings (SSSR count). The Morgan fingerprint density at radius 2 is 1.80 bits per heavy atom. The predicted molar refractivity (Wildman–Crippen MR) is 64.1 cm³/mol. The number of halogens is 1. The number of rotatable bonds is 3. The second-order valence-electron chi connectivity index (χ2n) is 5.64. The van der Waals surface area contributed by atoms with E-state index < -0.39 is 0 Å². The molecule has 0 atom stereocenters. The van der Waals surface area contributed by atoms with E-state index in [1.165, 1.54) is 0 Å². The smallest absolute Gasteiger partial charge is 0.159 e. The van der Waals surface area contributed by atoms with Crippen molar-refractivity contribution in [2.24, 2.45) is 5.41 Å². The number of alkyl halides is 1. The highest BCUT2D eigenvalue weighted by Crippen LogP contribution is 2.22. The maximum Gasteiger partial charge on any atom is 0.175 e.